The van der Waals surface area contributed by atoms with Crippen LogP contribution in [0.3, 0.4) is 0 Å². The van der Waals surface area contributed by atoms with Gasteiger partial charge in [-0.25, -0.2) is 8.42 Å². The number of aromatic nitrogens is 1. The fourth-order valence-electron chi connectivity index (χ4n) is 3.28. The number of halogens is 1. The van der Waals surface area contributed by atoms with Crippen LogP contribution < -0.4 is 0 Å². The highest BCUT2D eigenvalue weighted by Crippen LogP contribution is 2.25. The molecule has 2 heterocycles. The van der Waals surface area contributed by atoms with Crippen molar-refractivity contribution in [3.05, 3.63) is 65.3 Å². The van der Waals surface area contributed by atoms with Gasteiger partial charge in [0, 0.05) is 37.1 Å². The lowest BCUT2D eigenvalue weighted by molar-refractivity contribution is 0.0693. The number of piperazine rings is 1. The number of nitrogens with one attached hydrogen (secondary N) is 1. The number of hydrogen-bond donors (Lipinski definition) is 1. The fraction of sp³-hybridized carbons (Fsp3) is 0.211. The van der Waals surface area contributed by atoms with Crippen LogP contribution in [0.15, 0.2) is 59.5 Å². The Bertz CT molecular complexity index is 1070. The number of rotatable bonds is 3. The lowest BCUT2D eigenvalue weighted by Gasteiger charge is -2.33. The van der Waals surface area contributed by atoms with Gasteiger partial charge in [-0.15, -0.1) is 0 Å². The molecule has 8 heteroatoms. The van der Waals surface area contributed by atoms with E-state index in [0.29, 0.717) is 18.8 Å². The van der Waals surface area contributed by atoms with E-state index in [2.05, 4.69) is 4.98 Å². The van der Waals surface area contributed by atoms with E-state index < -0.39 is 10.0 Å². The lowest BCUT2D eigenvalue weighted by Crippen LogP contribution is -2.50. The molecule has 0 radical (unpaired) electrons. The molecule has 1 aliphatic heterocycles. The van der Waals surface area contributed by atoms with Crippen LogP contribution in [0.25, 0.3) is 10.9 Å². The molecule has 0 aliphatic carbocycles. The van der Waals surface area contributed by atoms with Gasteiger partial charge in [-0.3, -0.25) is 4.79 Å². The van der Waals surface area contributed by atoms with E-state index >= 15 is 0 Å². The standard InChI is InChI=1S/C19H18ClN3O3S/c20-15-6-2-4-8-18(15)27(25,26)23-11-9-22(10-12-23)19(24)17-13-14-5-1-3-7-16(14)21-17/h1-8,13,21H,9-12H2. The monoisotopic (exact) mass is 403 g/mol. The van der Waals surface area contributed by atoms with Crippen molar-refractivity contribution in [3.8, 4) is 0 Å². The highest BCUT2D eigenvalue weighted by atomic mass is 35.5. The SMILES string of the molecule is O=C(c1cc2ccccc2[nH]1)N1CCN(S(=O)(=O)c2ccccc2Cl)CC1. The smallest absolute Gasteiger partial charge is 0.270 e. The van der Waals surface area contributed by atoms with E-state index in [1.807, 2.05) is 30.3 Å². The van der Waals surface area contributed by atoms with Gasteiger partial charge in [0.1, 0.15) is 10.6 Å². The largest absolute Gasteiger partial charge is 0.351 e. The molecule has 0 unspecified atom stereocenters. The minimum atomic E-state index is -3.67. The molecule has 27 heavy (non-hydrogen) atoms. The number of aromatic amines is 1. The summed E-state index contributed by atoms with van der Waals surface area (Å²) in [4.78, 5) is 17.7. The van der Waals surface area contributed by atoms with Crippen molar-refractivity contribution in [1.29, 1.82) is 0 Å². The van der Waals surface area contributed by atoms with E-state index in [9.17, 15) is 13.2 Å². The zero-order chi connectivity index (χ0) is 19.0. The molecule has 0 saturated carbocycles. The molecule has 6 nitrogen and oxygen atoms in total. The molecule has 0 spiro atoms. The first-order valence-corrected chi connectivity index (χ1v) is 10.4. The third-order valence-corrected chi connectivity index (χ3v) is 7.14. The number of amides is 1. The van der Waals surface area contributed by atoms with Crippen LogP contribution in [-0.2, 0) is 10.0 Å². The lowest BCUT2D eigenvalue weighted by atomic mass is 10.2. The molecule has 1 aliphatic rings. The van der Waals surface area contributed by atoms with Crippen LogP contribution in [0, 0.1) is 0 Å². The Morgan fingerprint density at radius 3 is 2.33 bits per heavy atom. The highest BCUT2D eigenvalue weighted by molar-refractivity contribution is 7.89. The number of fused-ring (bicyclic) bond motifs is 1. The van der Waals surface area contributed by atoms with Crippen molar-refractivity contribution in [2.75, 3.05) is 26.2 Å². The minimum Gasteiger partial charge on any atom is -0.351 e. The van der Waals surface area contributed by atoms with E-state index in [0.717, 1.165) is 10.9 Å². The third kappa shape index (κ3) is 3.34. The first-order valence-electron chi connectivity index (χ1n) is 8.58. The van der Waals surface area contributed by atoms with Gasteiger partial charge in [0.25, 0.3) is 5.91 Å². The summed E-state index contributed by atoms with van der Waals surface area (Å²) in [6.45, 7) is 1.13. The van der Waals surface area contributed by atoms with Gasteiger partial charge in [0.05, 0.1) is 5.02 Å². The third-order valence-electron chi connectivity index (χ3n) is 4.74. The van der Waals surface area contributed by atoms with Gasteiger partial charge < -0.3 is 9.88 Å². The van der Waals surface area contributed by atoms with Gasteiger partial charge in [-0.05, 0) is 24.3 Å². The van der Waals surface area contributed by atoms with Crippen molar-refractivity contribution >= 4 is 38.4 Å². The second-order valence-electron chi connectivity index (χ2n) is 6.40. The molecule has 140 valence electrons. The first kappa shape index (κ1) is 18.0. The molecule has 1 N–H and O–H groups in total. The average molecular weight is 404 g/mol. The van der Waals surface area contributed by atoms with Crippen LogP contribution in [0.4, 0.5) is 0 Å². The summed E-state index contributed by atoms with van der Waals surface area (Å²) in [5.74, 6) is -0.124. The molecule has 1 saturated heterocycles. The van der Waals surface area contributed by atoms with Gasteiger partial charge >= 0.3 is 0 Å². The van der Waals surface area contributed by atoms with Crippen LogP contribution in [0.5, 0.6) is 0 Å². The normalized spacial score (nSPS) is 16.0. The van der Waals surface area contributed by atoms with Crippen molar-refractivity contribution < 1.29 is 13.2 Å². The molecule has 2 aromatic carbocycles. The summed E-state index contributed by atoms with van der Waals surface area (Å²) < 4.78 is 27.0. The number of para-hydroxylation sites is 1. The number of hydrogen-bond acceptors (Lipinski definition) is 3. The Kier molecular flexibility index (Phi) is 4.67. The van der Waals surface area contributed by atoms with Gasteiger partial charge in [-0.1, -0.05) is 41.9 Å². The van der Waals surface area contributed by atoms with Crippen LogP contribution in [0.2, 0.25) is 5.02 Å². The fourth-order valence-corrected chi connectivity index (χ4v) is 5.20. The van der Waals surface area contributed by atoms with Crippen molar-refractivity contribution in [2.45, 2.75) is 4.90 Å². The van der Waals surface area contributed by atoms with Gasteiger partial charge in [0.2, 0.25) is 10.0 Å². The van der Waals surface area contributed by atoms with E-state index in [-0.39, 0.29) is 28.9 Å². The minimum absolute atomic E-state index is 0.0991. The second kappa shape index (κ2) is 6.99. The van der Waals surface area contributed by atoms with E-state index in [4.69, 9.17) is 11.6 Å². The zero-order valence-electron chi connectivity index (χ0n) is 14.4. The number of sulfonamides is 1. The number of H-pyrrole nitrogens is 1. The van der Waals surface area contributed by atoms with Crippen LogP contribution in [-0.4, -0.2) is 54.7 Å². The average Bonchev–Trinajstić information content (AvgIpc) is 3.12. The highest BCUT2D eigenvalue weighted by Gasteiger charge is 2.31. The molecule has 4 rings (SSSR count). The number of benzene rings is 2. The predicted molar refractivity (Wildman–Crippen MR) is 104 cm³/mol. The Balaban J connectivity index is 1.48. The summed E-state index contributed by atoms with van der Waals surface area (Å²) in [5.41, 5.74) is 1.42. The number of carbonyl (C=O) groups is 1. The number of nitrogens with zero attached hydrogens (tertiary/aromatic N) is 2. The maximum atomic E-state index is 12.8. The Hall–Kier alpha value is -2.35. The van der Waals surface area contributed by atoms with Crippen molar-refractivity contribution in [1.82, 2.24) is 14.2 Å². The molecule has 1 fully saturated rings. The quantitative estimate of drug-likeness (QED) is 0.730. The van der Waals surface area contributed by atoms with Crippen LogP contribution >= 0.6 is 11.6 Å². The zero-order valence-corrected chi connectivity index (χ0v) is 16.0. The number of carbonyl (C=O) groups excluding carboxylic acids is 1. The van der Waals surface area contributed by atoms with E-state index in [1.165, 1.54) is 10.4 Å². The summed E-state index contributed by atoms with van der Waals surface area (Å²) in [7, 11) is -3.67. The van der Waals surface area contributed by atoms with Gasteiger partial charge in [0.15, 0.2) is 0 Å². The topological polar surface area (TPSA) is 73.5 Å². The predicted octanol–water partition coefficient (Wildman–Crippen LogP) is 2.97. The Morgan fingerprint density at radius 2 is 1.63 bits per heavy atom. The Labute approximate surface area is 162 Å². The summed E-state index contributed by atoms with van der Waals surface area (Å²) in [6, 6.07) is 15.9. The van der Waals surface area contributed by atoms with Crippen molar-refractivity contribution in [2.24, 2.45) is 0 Å². The molecule has 0 bridgehead atoms. The van der Waals surface area contributed by atoms with Crippen LogP contribution in [0.1, 0.15) is 10.5 Å². The molecule has 1 aromatic heterocycles. The maximum Gasteiger partial charge on any atom is 0.270 e. The van der Waals surface area contributed by atoms with Crippen molar-refractivity contribution in [3.63, 3.8) is 0 Å². The first-order chi connectivity index (χ1) is 13.0. The Morgan fingerprint density at radius 1 is 0.963 bits per heavy atom. The molecule has 3 aromatic rings. The second-order valence-corrected chi connectivity index (χ2v) is 8.71. The molecular weight excluding hydrogens is 386 g/mol. The summed E-state index contributed by atoms with van der Waals surface area (Å²) >= 11 is 6.05. The molecular formula is C19H18ClN3O3S. The summed E-state index contributed by atoms with van der Waals surface area (Å²) in [6.07, 6.45) is 0. The maximum absolute atomic E-state index is 12.8. The molecule has 1 amide bonds. The van der Waals surface area contributed by atoms with Gasteiger partial charge in [-0.2, -0.15) is 4.31 Å². The van der Waals surface area contributed by atoms with E-state index in [1.54, 1.807) is 23.1 Å². The molecule has 0 atom stereocenters. The summed E-state index contributed by atoms with van der Waals surface area (Å²) in [5, 5.41) is 1.18.